The van der Waals surface area contributed by atoms with E-state index in [2.05, 4.69) is 187 Å². The van der Waals surface area contributed by atoms with Crippen LogP contribution in [0.3, 0.4) is 0 Å². The molecule has 12 rings (SSSR count). The monoisotopic (exact) mass is 698 g/mol. The lowest BCUT2D eigenvalue weighted by molar-refractivity contribution is 0.913. The van der Waals surface area contributed by atoms with E-state index in [0.717, 1.165) is 23.3 Å². The highest BCUT2D eigenvalue weighted by Crippen LogP contribution is 2.58. The zero-order chi connectivity index (χ0) is 36.2. The van der Waals surface area contributed by atoms with Crippen LogP contribution in [-0.4, -0.2) is 9.55 Å². The van der Waals surface area contributed by atoms with Crippen molar-refractivity contribution in [2.75, 3.05) is 0 Å². The molecule has 55 heavy (non-hydrogen) atoms. The molecule has 11 aromatic rings. The third-order valence-corrected chi connectivity index (χ3v) is 12.0. The van der Waals surface area contributed by atoms with Crippen molar-refractivity contribution < 1.29 is 0 Å². The number of hydrogen-bond acceptors (Lipinski definition) is 1. The van der Waals surface area contributed by atoms with Crippen molar-refractivity contribution in [1.82, 2.24) is 9.55 Å². The number of nitrogens with zero attached hydrogens (tertiary/aromatic N) is 2. The van der Waals surface area contributed by atoms with Gasteiger partial charge in [-0.05, 0) is 118 Å². The highest BCUT2D eigenvalue weighted by Gasteiger charge is 2.31. The molecule has 2 nitrogen and oxygen atoms in total. The number of hydrogen-bond donors (Lipinski definition) is 0. The minimum Gasteiger partial charge on any atom is -0.296 e. The van der Waals surface area contributed by atoms with Crippen molar-refractivity contribution in [3.8, 4) is 61.3 Å². The standard InChI is InChI=1S/C53H34N2/c1-2-47-54-44-21-9-10-22-46(44)55(47)45-30-26-36-24-28-38-37(27-23-35-25-29-39(45)50(36)49(35)38)43-31-42(32-13-5-3-6-14-32)52-40-19-11-17-33-18-12-20-41(48(33)40)53(52)51(43)34-15-7-4-8-16-34/h3-31H,2H2,1H3. The van der Waals surface area contributed by atoms with Crippen LogP contribution in [0.2, 0.25) is 0 Å². The molecule has 0 bridgehead atoms. The average molecular weight is 699 g/mol. The Balaban J connectivity index is 1.22. The van der Waals surface area contributed by atoms with Crippen LogP contribution >= 0.6 is 0 Å². The van der Waals surface area contributed by atoms with Gasteiger partial charge in [0, 0.05) is 11.8 Å². The van der Waals surface area contributed by atoms with Crippen molar-refractivity contribution in [3.63, 3.8) is 0 Å². The fraction of sp³-hybridized carbons (Fsp3) is 0.0377. The van der Waals surface area contributed by atoms with Crippen LogP contribution in [-0.2, 0) is 6.42 Å². The molecular formula is C53H34N2. The molecule has 1 aliphatic carbocycles. The Morgan fingerprint density at radius 3 is 1.80 bits per heavy atom. The van der Waals surface area contributed by atoms with Gasteiger partial charge in [0.15, 0.2) is 0 Å². The van der Waals surface area contributed by atoms with Crippen LogP contribution in [0.15, 0.2) is 176 Å². The van der Waals surface area contributed by atoms with E-state index < -0.39 is 0 Å². The lowest BCUT2D eigenvalue weighted by atomic mass is 9.80. The first-order valence-corrected chi connectivity index (χ1v) is 19.3. The second-order valence-corrected chi connectivity index (χ2v) is 14.9. The number of aryl methyl sites for hydroxylation is 1. The van der Waals surface area contributed by atoms with E-state index in [1.807, 2.05) is 0 Å². The molecule has 0 N–H and O–H groups in total. The smallest absolute Gasteiger partial charge is 0.114 e. The Hall–Kier alpha value is -7.03. The highest BCUT2D eigenvalue weighted by atomic mass is 15.1. The van der Waals surface area contributed by atoms with Crippen molar-refractivity contribution in [2.24, 2.45) is 0 Å². The Kier molecular flexibility index (Phi) is 6.35. The minimum atomic E-state index is 0.850. The SMILES string of the molecule is CCc1nc2ccccc2n1-c1ccc2ccc3c(-c4cc(-c5ccccc5)c5c(c4-c4ccccc4)-c4cccc6cccc-5c46)ccc4ccc1c2c43. The van der Waals surface area contributed by atoms with Gasteiger partial charge in [-0.25, -0.2) is 4.98 Å². The summed E-state index contributed by atoms with van der Waals surface area (Å²) in [7, 11) is 0. The number of imidazole rings is 1. The summed E-state index contributed by atoms with van der Waals surface area (Å²) in [5, 5.41) is 10.2. The van der Waals surface area contributed by atoms with Gasteiger partial charge in [-0.3, -0.25) is 4.57 Å². The average Bonchev–Trinajstić information content (AvgIpc) is 3.80. The number of fused-ring (bicyclic) bond motifs is 4. The molecule has 0 radical (unpaired) electrons. The van der Waals surface area contributed by atoms with Crippen LogP contribution in [0.1, 0.15) is 12.7 Å². The molecule has 256 valence electrons. The fourth-order valence-electron chi connectivity index (χ4n) is 9.75. The van der Waals surface area contributed by atoms with Crippen LogP contribution in [0.4, 0.5) is 0 Å². The first-order valence-electron chi connectivity index (χ1n) is 19.3. The van der Waals surface area contributed by atoms with Gasteiger partial charge in [0.1, 0.15) is 5.82 Å². The lowest BCUT2D eigenvalue weighted by Crippen LogP contribution is -2.01. The third-order valence-electron chi connectivity index (χ3n) is 12.0. The Bertz CT molecular complexity index is 3330. The molecule has 0 spiro atoms. The van der Waals surface area contributed by atoms with Crippen molar-refractivity contribution in [2.45, 2.75) is 13.3 Å². The van der Waals surface area contributed by atoms with Crippen LogP contribution < -0.4 is 0 Å². The van der Waals surface area contributed by atoms with Crippen molar-refractivity contribution in [3.05, 3.63) is 182 Å². The molecule has 2 heteroatoms. The zero-order valence-electron chi connectivity index (χ0n) is 30.3. The molecule has 10 aromatic carbocycles. The van der Waals surface area contributed by atoms with Crippen LogP contribution in [0.5, 0.6) is 0 Å². The van der Waals surface area contributed by atoms with E-state index in [4.69, 9.17) is 4.98 Å². The van der Waals surface area contributed by atoms with Gasteiger partial charge in [-0.2, -0.15) is 0 Å². The van der Waals surface area contributed by atoms with Gasteiger partial charge in [0.25, 0.3) is 0 Å². The number of benzene rings is 10. The van der Waals surface area contributed by atoms with Gasteiger partial charge in [0.2, 0.25) is 0 Å². The summed E-state index contributed by atoms with van der Waals surface area (Å²) < 4.78 is 2.38. The molecular weight excluding hydrogens is 665 g/mol. The van der Waals surface area contributed by atoms with E-state index in [1.54, 1.807) is 0 Å². The van der Waals surface area contributed by atoms with E-state index in [-0.39, 0.29) is 0 Å². The van der Waals surface area contributed by atoms with E-state index >= 15 is 0 Å². The second kappa shape index (κ2) is 11.5. The quantitative estimate of drug-likeness (QED) is 0.164. The largest absolute Gasteiger partial charge is 0.296 e. The van der Waals surface area contributed by atoms with Crippen molar-refractivity contribution >= 4 is 54.1 Å². The molecule has 0 saturated carbocycles. The number of para-hydroxylation sites is 2. The van der Waals surface area contributed by atoms with E-state index in [1.165, 1.54) is 104 Å². The molecule has 0 aliphatic heterocycles. The maximum atomic E-state index is 5.06. The third kappa shape index (κ3) is 4.22. The summed E-state index contributed by atoms with van der Waals surface area (Å²) in [6.45, 7) is 2.20. The molecule has 0 saturated heterocycles. The normalized spacial score (nSPS) is 12.2. The number of rotatable bonds is 5. The Morgan fingerprint density at radius 1 is 0.418 bits per heavy atom. The van der Waals surface area contributed by atoms with Gasteiger partial charge in [0.05, 0.1) is 16.7 Å². The molecule has 0 unspecified atom stereocenters. The maximum absolute atomic E-state index is 5.06. The summed E-state index contributed by atoms with van der Waals surface area (Å²) in [6, 6.07) is 65.2. The molecule has 0 atom stereocenters. The zero-order valence-corrected chi connectivity index (χ0v) is 30.3. The second-order valence-electron chi connectivity index (χ2n) is 14.9. The summed E-state index contributed by atoms with van der Waals surface area (Å²) in [4.78, 5) is 5.06. The van der Waals surface area contributed by atoms with Gasteiger partial charge < -0.3 is 0 Å². The predicted octanol–water partition coefficient (Wildman–Crippen LogP) is 14.3. The van der Waals surface area contributed by atoms with Gasteiger partial charge in [-0.1, -0.05) is 159 Å². The highest BCUT2D eigenvalue weighted by molar-refractivity contribution is 6.29. The first-order chi connectivity index (χ1) is 27.3. The van der Waals surface area contributed by atoms with Crippen LogP contribution in [0, 0.1) is 0 Å². The topological polar surface area (TPSA) is 17.8 Å². The van der Waals surface area contributed by atoms with E-state index in [0.29, 0.717) is 0 Å². The Morgan fingerprint density at radius 2 is 1.04 bits per heavy atom. The molecule has 0 fully saturated rings. The van der Waals surface area contributed by atoms with Crippen molar-refractivity contribution in [1.29, 1.82) is 0 Å². The fourth-order valence-corrected chi connectivity index (χ4v) is 9.75. The lowest BCUT2D eigenvalue weighted by Gasteiger charge is -2.23. The first kappa shape index (κ1) is 30.4. The summed E-state index contributed by atoms with van der Waals surface area (Å²) in [6.07, 6.45) is 0.850. The predicted molar refractivity (Wildman–Crippen MR) is 232 cm³/mol. The van der Waals surface area contributed by atoms with Gasteiger partial charge >= 0.3 is 0 Å². The molecule has 0 amide bonds. The molecule has 1 aliphatic rings. The molecule has 1 heterocycles. The molecule has 1 aromatic heterocycles. The summed E-state index contributed by atoms with van der Waals surface area (Å²) in [5.74, 6) is 1.08. The van der Waals surface area contributed by atoms with Gasteiger partial charge in [-0.15, -0.1) is 0 Å². The van der Waals surface area contributed by atoms with Crippen LogP contribution in [0.25, 0.3) is 115 Å². The minimum absolute atomic E-state index is 0.850. The summed E-state index contributed by atoms with van der Waals surface area (Å²) >= 11 is 0. The maximum Gasteiger partial charge on any atom is 0.114 e. The Labute approximate surface area is 318 Å². The van der Waals surface area contributed by atoms with E-state index in [9.17, 15) is 0 Å². The summed E-state index contributed by atoms with van der Waals surface area (Å²) in [5.41, 5.74) is 16.1. The number of aromatic nitrogens is 2.